The Labute approximate surface area is 190 Å². The predicted molar refractivity (Wildman–Crippen MR) is 128 cm³/mol. The van der Waals surface area contributed by atoms with E-state index in [1.807, 2.05) is 30.3 Å². The van der Waals surface area contributed by atoms with Crippen LogP contribution < -0.4 is 9.62 Å². The lowest BCUT2D eigenvalue weighted by Gasteiger charge is -2.28. The first kappa shape index (κ1) is 22.1. The van der Waals surface area contributed by atoms with Gasteiger partial charge in [-0.1, -0.05) is 54.1 Å². The molecule has 3 aromatic rings. The summed E-state index contributed by atoms with van der Waals surface area (Å²) in [5, 5.41) is 3.17. The number of carbonyl (C=O) groups is 1. The Morgan fingerprint density at radius 1 is 0.938 bits per heavy atom. The molecule has 6 heteroatoms. The molecule has 5 nitrogen and oxygen atoms in total. The fourth-order valence-electron chi connectivity index (χ4n) is 4.21. The maximum absolute atomic E-state index is 13.2. The van der Waals surface area contributed by atoms with Gasteiger partial charge < -0.3 is 5.32 Å². The summed E-state index contributed by atoms with van der Waals surface area (Å²) in [4.78, 5) is 13.2. The molecule has 32 heavy (non-hydrogen) atoms. The molecular weight excluding hydrogens is 420 g/mol. The van der Waals surface area contributed by atoms with Crippen molar-refractivity contribution in [1.82, 2.24) is 5.32 Å². The third-order valence-electron chi connectivity index (χ3n) is 5.91. The second kappa shape index (κ2) is 9.17. The minimum Gasteiger partial charge on any atom is -0.341 e. The van der Waals surface area contributed by atoms with E-state index in [0.29, 0.717) is 24.2 Å². The van der Waals surface area contributed by atoms with Gasteiger partial charge in [0, 0.05) is 12.1 Å². The Balaban J connectivity index is 1.60. The van der Waals surface area contributed by atoms with E-state index < -0.39 is 10.0 Å². The fourth-order valence-corrected chi connectivity index (χ4v) is 5.85. The molecule has 0 aromatic heterocycles. The molecule has 0 bridgehead atoms. The quantitative estimate of drug-likeness (QED) is 0.612. The lowest BCUT2D eigenvalue weighted by Crippen LogP contribution is -2.37. The van der Waals surface area contributed by atoms with Crippen LogP contribution in [-0.4, -0.2) is 26.6 Å². The minimum atomic E-state index is -3.28. The van der Waals surface area contributed by atoms with E-state index in [4.69, 9.17) is 0 Å². The largest absolute Gasteiger partial charge is 0.341 e. The zero-order valence-electron chi connectivity index (χ0n) is 18.4. The van der Waals surface area contributed by atoms with E-state index in [2.05, 4.69) is 37.4 Å². The van der Waals surface area contributed by atoms with Gasteiger partial charge in [0.2, 0.25) is 10.0 Å². The predicted octanol–water partition coefficient (Wildman–Crippen LogP) is 4.75. The van der Waals surface area contributed by atoms with Crippen molar-refractivity contribution in [3.63, 3.8) is 0 Å². The van der Waals surface area contributed by atoms with Crippen LogP contribution in [-0.2, 0) is 10.0 Å². The number of carbonyl (C=O) groups excluding carboxylic acids is 1. The van der Waals surface area contributed by atoms with E-state index in [-0.39, 0.29) is 17.7 Å². The van der Waals surface area contributed by atoms with E-state index >= 15 is 0 Å². The summed E-state index contributed by atoms with van der Waals surface area (Å²) in [6.45, 7) is 4.59. The van der Waals surface area contributed by atoms with Gasteiger partial charge in [-0.25, -0.2) is 8.42 Å². The Morgan fingerprint density at radius 2 is 1.66 bits per heavy atom. The van der Waals surface area contributed by atoms with Crippen LogP contribution >= 0.6 is 0 Å². The number of sulfonamides is 1. The van der Waals surface area contributed by atoms with Gasteiger partial charge in [-0.3, -0.25) is 9.10 Å². The third kappa shape index (κ3) is 4.70. The lowest BCUT2D eigenvalue weighted by molar-refractivity contribution is 0.0943. The summed E-state index contributed by atoms with van der Waals surface area (Å²) in [5.74, 6) is -0.0314. The summed E-state index contributed by atoms with van der Waals surface area (Å²) < 4.78 is 26.2. The second-order valence-corrected chi connectivity index (χ2v) is 10.3. The molecule has 0 aliphatic carbocycles. The number of nitrogens with zero attached hydrogens (tertiary/aromatic N) is 1. The van der Waals surface area contributed by atoms with Gasteiger partial charge in [0.1, 0.15) is 0 Å². The molecule has 166 valence electrons. The summed E-state index contributed by atoms with van der Waals surface area (Å²) in [6, 6.07) is 22.7. The van der Waals surface area contributed by atoms with E-state index in [1.165, 1.54) is 9.87 Å². The number of anilines is 1. The molecule has 0 saturated carbocycles. The number of hydrogen-bond donors (Lipinski definition) is 1. The topological polar surface area (TPSA) is 66.5 Å². The molecule has 1 N–H and O–H groups in total. The lowest BCUT2D eigenvalue weighted by atomic mass is 9.93. The van der Waals surface area contributed by atoms with Crippen molar-refractivity contribution in [3.05, 3.63) is 101 Å². The molecule has 1 aliphatic rings. The van der Waals surface area contributed by atoms with Gasteiger partial charge >= 0.3 is 0 Å². The molecule has 1 atom stereocenters. The number of rotatable bonds is 5. The number of aryl methyl sites for hydroxylation is 2. The van der Waals surface area contributed by atoms with Crippen LogP contribution in [0, 0.1) is 13.8 Å². The van der Waals surface area contributed by atoms with E-state index in [1.54, 1.807) is 24.3 Å². The molecule has 3 aromatic carbocycles. The normalized spacial score (nSPS) is 16.4. The van der Waals surface area contributed by atoms with Crippen molar-refractivity contribution in [2.75, 3.05) is 16.6 Å². The van der Waals surface area contributed by atoms with E-state index in [9.17, 15) is 13.2 Å². The van der Waals surface area contributed by atoms with Crippen LogP contribution in [0.3, 0.4) is 0 Å². The fraction of sp³-hybridized carbons (Fsp3) is 0.269. The summed E-state index contributed by atoms with van der Waals surface area (Å²) in [7, 11) is -3.28. The summed E-state index contributed by atoms with van der Waals surface area (Å²) in [5.41, 5.74) is 5.44. The van der Waals surface area contributed by atoms with E-state index in [0.717, 1.165) is 23.1 Å². The van der Waals surface area contributed by atoms with Crippen LogP contribution in [0.5, 0.6) is 0 Å². The Morgan fingerprint density at radius 3 is 2.31 bits per heavy atom. The highest BCUT2D eigenvalue weighted by molar-refractivity contribution is 7.92. The average molecular weight is 449 g/mol. The molecule has 1 amide bonds. The van der Waals surface area contributed by atoms with Crippen LogP contribution in [0.15, 0.2) is 72.8 Å². The smallest absolute Gasteiger partial charge is 0.252 e. The average Bonchev–Trinajstić information content (AvgIpc) is 2.78. The number of hydrogen-bond acceptors (Lipinski definition) is 3. The highest BCUT2D eigenvalue weighted by Gasteiger charge is 2.26. The first-order valence-electron chi connectivity index (χ1n) is 10.9. The minimum absolute atomic E-state index is 0.171. The van der Waals surface area contributed by atoms with Crippen LogP contribution in [0.4, 0.5) is 5.69 Å². The SMILES string of the molecule is Cc1ccc([C@@H](NC(=O)c2ccc(N3CCCCS3(=O)=O)cc2)c2ccccc2)c(C)c1. The molecule has 1 fully saturated rings. The molecule has 0 spiro atoms. The van der Waals surface area contributed by atoms with Gasteiger partial charge in [-0.05, 0) is 67.6 Å². The maximum Gasteiger partial charge on any atom is 0.252 e. The van der Waals surface area contributed by atoms with Crippen molar-refractivity contribution < 1.29 is 13.2 Å². The second-order valence-electron chi connectivity index (χ2n) is 8.32. The van der Waals surface area contributed by atoms with Gasteiger partial charge in [-0.15, -0.1) is 0 Å². The van der Waals surface area contributed by atoms with Gasteiger partial charge in [-0.2, -0.15) is 0 Å². The number of benzene rings is 3. The zero-order valence-corrected chi connectivity index (χ0v) is 19.2. The summed E-state index contributed by atoms with van der Waals surface area (Å²) >= 11 is 0. The van der Waals surface area contributed by atoms with Crippen molar-refractivity contribution in [2.45, 2.75) is 32.7 Å². The Hall–Kier alpha value is -3.12. The van der Waals surface area contributed by atoms with Gasteiger partial charge in [0.25, 0.3) is 5.91 Å². The molecule has 0 unspecified atom stereocenters. The van der Waals surface area contributed by atoms with Crippen molar-refractivity contribution >= 4 is 21.6 Å². The monoisotopic (exact) mass is 448 g/mol. The van der Waals surface area contributed by atoms with Gasteiger partial charge in [0.15, 0.2) is 0 Å². The Kier molecular flexibility index (Phi) is 6.33. The van der Waals surface area contributed by atoms with Crippen LogP contribution in [0.2, 0.25) is 0 Å². The maximum atomic E-state index is 13.2. The molecule has 4 rings (SSSR count). The van der Waals surface area contributed by atoms with Crippen molar-refractivity contribution in [2.24, 2.45) is 0 Å². The number of amides is 1. The highest BCUT2D eigenvalue weighted by Crippen LogP contribution is 2.27. The van der Waals surface area contributed by atoms with Crippen LogP contribution in [0.25, 0.3) is 0 Å². The third-order valence-corrected chi connectivity index (χ3v) is 7.78. The molecule has 1 heterocycles. The molecule has 1 aliphatic heterocycles. The van der Waals surface area contributed by atoms with Crippen molar-refractivity contribution in [1.29, 1.82) is 0 Å². The first-order valence-corrected chi connectivity index (χ1v) is 12.5. The highest BCUT2D eigenvalue weighted by atomic mass is 32.2. The molecular formula is C26H28N2O3S. The van der Waals surface area contributed by atoms with Crippen LogP contribution in [0.1, 0.15) is 51.5 Å². The zero-order chi connectivity index (χ0) is 22.7. The number of nitrogens with one attached hydrogen (secondary N) is 1. The standard InChI is InChI=1S/C26H28N2O3S/c1-19-10-15-24(20(2)18-19)25(21-8-4-3-5-9-21)27-26(29)22-11-13-23(14-12-22)28-16-6-7-17-32(28,30)31/h3-5,8-15,18,25H,6-7,16-17H2,1-2H3,(H,27,29)/t25-/m0/s1. The Bertz CT molecular complexity index is 1210. The summed E-state index contributed by atoms with van der Waals surface area (Å²) in [6.07, 6.45) is 1.54. The van der Waals surface area contributed by atoms with Gasteiger partial charge in [0.05, 0.1) is 17.5 Å². The first-order chi connectivity index (χ1) is 15.3. The van der Waals surface area contributed by atoms with Crippen molar-refractivity contribution in [3.8, 4) is 0 Å². The molecule has 0 radical (unpaired) electrons. The molecule has 1 saturated heterocycles.